The van der Waals surface area contributed by atoms with Gasteiger partial charge in [-0.3, -0.25) is 9.88 Å². The molecule has 0 aliphatic carbocycles. The fourth-order valence-electron chi connectivity index (χ4n) is 3.66. The van der Waals surface area contributed by atoms with Crippen LogP contribution in [0.4, 0.5) is 5.95 Å². The van der Waals surface area contributed by atoms with Crippen LogP contribution in [-0.2, 0) is 0 Å². The number of likely N-dealkylation sites (N-methyl/N-ethyl adjacent to an activating group) is 1. The third-order valence-electron chi connectivity index (χ3n) is 5.35. The summed E-state index contributed by atoms with van der Waals surface area (Å²) < 4.78 is 5.42. The molecule has 7 heteroatoms. The molecule has 0 amide bonds. The van der Waals surface area contributed by atoms with Crippen LogP contribution in [0, 0.1) is 6.92 Å². The topological polar surface area (TPSA) is 61.5 Å². The predicted molar refractivity (Wildman–Crippen MR) is 96.6 cm³/mol. The van der Waals surface area contributed by atoms with E-state index >= 15 is 0 Å². The molecule has 0 atom stereocenters. The van der Waals surface area contributed by atoms with Gasteiger partial charge in [-0.15, -0.1) is 0 Å². The number of anilines is 1. The zero-order chi connectivity index (χ0) is 17.2. The Balaban J connectivity index is 1.36. The number of pyridine rings is 1. The Morgan fingerprint density at radius 2 is 1.80 bits per heavy atom. The third-order valence-corrected chi connectivity index (χ3v) is 5.35. The molecule has 2 aromatic rings. The maximum absolute atomic E-state index is 5.42. The zero-order valence-corrected chi connectivity index (χ0v) is 15.1. The average molecular weight is 342 g/mol. The quantitative estimate of drug-likeness (QED) is 0.840. The van der Waals surface area contributed by atoms with Crippen molar-refractivity contribution < 1.29 is 4.52 Å². The predicted octanol–water partition coefficient (Wildman–Crippen LogP) is 1.66. The fourth-order valence-corrected chi connectivity index (χ4v) is 3.66. The number of rotatable bonds is 3. The molecule has 25 heavy (non-hydrogen) atoms. The molecular formula is C18H26N6O. The lowest BCUT2D eigenvalue weighted by Gasteiger charge is -2.41. The van der Waals surface area contributed by atoms with Crippen molar-refractivity contribution in [3.05, 3.63) is 23.9 Å². The van der Waals surface area contributed by atoms with E-state index in [1.54, 1.807) is 0 Å². The first-order valence-electron chi connectivity index (χ1n) is 9.13. The minimum Gasteiger partial charge on any atom is -0.338 e. The molecule has 2 fully saturated rings. The molecule has 2 saturated heterocycles. The van der Waals surface area contributed by atoms with E-state index in [9.17, 15) is 0 Å². The Labute approximate surface area is 148 Å². The standard InChI is InChI=1S/C18H26N6O/c1-14-3-4-16(19-13-14)17-20-18(21-25-17)24-7-5-15(6-8-24)23-11-9-22(2)10-12-23/h3-4,13,15H,5-12H2,1-2H3. The van der Waals surface area contributed by atoms with Gasteiger partial charge in [0.15, 0.2) is 0 Å². The van der Waals surface area contributed by atoms with Crippen LogP contribution in [0.3, 0.4) is 0 Å². The summed E-state index contributed by atoms with van der Waals surface area (Å²) in [4.78, 5) is 16.2. The fraction of sp³-hybridized carbons (Fsp3) is 0.611. The van der Waals surface area contributed by atoms with Gasteiger partial charge in [0, 0.05) is 51.5 Å². The van der Waals surface area contributed by atoms with Gasteiger partial charge in [0.25, 0.3) is 11.8 Å². The van der Waals surface area contributed by atoms with Crippen LogP contribution in [0.25, 0.3) is 11.6 Å². The van der Waals surface area contributed by atoms with Crippen molar-refractivity contribution in [2.45, 2.75) is 25.8 Å². The van der Waals surface area contributed by atoms with E-state index in [0.29, 0.717) is 17.9 Å². The van der Waals surface area contributed by atoms with Crippen LogP contribution in [0.2, 0.25) is 0 Å². The number of aromatic nitrogens is 3. The molecular weight excluding hydrogens is 316 g/mol. The number of nitrogens with zero attached hydrogens (tertiary/aromatic N) is 6. The molecule has 2 aliphatic heterocycles. The van der Waals surface area contributed by atoms with Crippen LogP contribution in [0.15, 0.2) is 22.9 Å². The Morgan fingerprint density at radius 1 is 1.04 bits per heavy atom. The minimum absolute atomic E-state index is 0.496. The largest absolute Gasteiger partial charge is 0.338 e. The van der Waals surface area contributed by atoms with Crippen LogP contribution in [0.5, 0.6) is 0 Å². The summed E-state index contributed by atoms with van der Waals surface area (Å²) in [6, 6.07) is 4.62. The number of hydrogen-bond donors (Lipinski definition) is 0. The highest BCUT2D eigenvalue weighted by atomic mass is 16.5. The first-order valence-corrected chi connectivity index (χ1v) is 9.13. The molecule has 4 heterocycles. The molecule has 0 saturated carbocycles. The first kappa shape index (κ1) is 16.5. The van der Waals surface area contributed by atoms with Crippen LogP contribution >= 0.6 is 0 Å². The maximum atomic E-state index is 5.42. The molecule has 0 N–H and O–H groups in total. The second-order valence-electron chi connectivity index (χ2n) is 7.18. The van der Waals surface area contributed by atoms with Crippen molar-refractivity contribution in [3.8, 4) is 11.6 Å². The van der Waals surface area contributed by atoms with E-state index in [2.05, 4.69) is 36.9 Å². The second-order valence-corrected chi connectivity index (χ2v) is 7.18. The first-order chi connectivity index (χ1) is 12.2. The van der Waals surface area contributed by atoms with Gasteiger partial charge in [0.1, 0.15) is 5.69 Å². The molecule has 0 unspecified atom stereocenters. The lowest BCUT2D eigenvalue weighted by Crippen LogP contribution is -2.52. The van der Waals surface area contributed by atoms with E-state index in [1.165, 1.54) is 26.2 Å². The van der Waals surface area contributed by atoms with Gasteiger partial charge in [-0.25, -0.2) is 0 Å². The lowest BCUT2D eigenvalue weighted by atomic mass is 10.0. The summed E-state index contributed by atoms with van der Waals surface area (Å²) in [5.74, 6) is 1.19. The molecule has 4 rings (SSSR count). The minimum atomic E-state index is 0.496. The van der Waals surface area contributed by atoms with Gasteiger partial charge in [-0.05, 0) is 43.6 Å². The highest BCUT2D eigenvalue weighted by molar-refractivity contribution is 5.49. The van der Waals surface area contributed by atoms with Crippen LogP contribution < -0.4 is 4.90 Å². The van der Waals surface area contributed by atoms with Crippen molar-refractivity contribution in [2.75, 3.05) is 51.2 Å². The van der Waals surface area contributed by atoms with E-state index in [1.807, 2.05) is 25.3 Å². The van der Waals surface area contributed by atoms with Gasteiger partial charge < -0.3 is 14.3 Å². The summed E-state index contributed by atoms with van der Waals surface area (Å²) in [6.07, 6.45) is 4.15. The summed E-state index contributed by atoms with van der Waals surface area (Å²) in [7, 11) is 2.21. The molecule has 2 aromatic heterocycles. The van der Waals surface area contributed by atoms with Crippen molar-refractivity contribution in [1.82, 2.24) is 24.9 Å². The smallest absolute Gasteiger partial charge is 0.278 e. The highest BCUT2D eigenvalue weighted by Crippen LogP contribution is 2.23. The van der Waals surface area contributed by atoms with Crippen molar-refractivity contribution in [1.29, 1.82) is 0 Å². The normalized spacial score (nSPS) is 21.0. The Bertz CT molecular complexity index is 684. The van der Waals surface area contributed by atoms with Crippen LogP contribution in [0.1, 0.15) is 18.4 Å². The summed E-state index contributed by atoms with van der Waals surface area (Å²) in [5.41, 5.74) is 1.85. The van der Waals surface area contributed by atoms with Gasteiger partial charge in [-0.2, -0.15) is 4.98 Å². The van der Waals surface area contributed by atoms with Crippen molar-refractivity contribution >= 4 is 5.95 Å². The number of piperidine rings is 1. The SMILES string of the molecule is Cc1ccc(-c2nc(N3CCC(N4CCN(C)CC4)CC3)no2)nc1. The van der Waals surface area contributed by atoms with E-state index in [-0.39, 0.29) is 0 Å². The second kappa shape index (κ2) is 7.09. The summed E-state index contributed by atoms with van der Waals surface area (Å²) in [5, 5.41) is 4.17. The molecule has 0 radical (unpaired) electrons. The van der Waals surface area contributed by atoms with Crippen molar-refractivity contribution in [2.24, 2.45) is 0 Å². The van der Waals surface area contributed by atoms with Gasteiger partial charge in [0.2, 0.25) is 0 Å². The van der Waals surface area contributed by atoms with Gasteiger partial charge in [0.05, 0.1) is 0 Å². The number of hydrogen-bond acceptors (Lipinski definition) is 7. The molecule has 134 valence electrons. The molecule has 0 spiro atoms. The van der Waals surface area contributed by atoms with Gasteiger partial charge in [-0.1, -0.05) is 6.07 Å². The van der Waals surface area contributed by atoms with Crippen LogP contribution in [-0.4, -0.2) is 77.3 Å². The monoisotopic (exact) mass is 342 g/mol. The Kier molecular flexibility index (Phi) is 4.67. The summed E-state index contributed by atoms with van der Waals surface area (Å²) in [6.45, 7) is 8.71. The number of piperazine rings is 1. The van der Waals surface area contributed by atoms with Gasteiger partial charge >= 0.3 is 0 Å². The lowest BCUT2D eigenvalue weighted by molar-refractivity contribution is 0.0980. The zero-order valence-electron chi connectivity index (χ0n) is 15.1. The maximum Gasteiger partial charge on any atom is 0.278 e. The molecule has 2 aliphatic rings. The molecule has 0 aromatic carbocycles. The Morgan fingerprint density at radius 3 is 2.48 bits per heavy atom. The Hall–Kier alpha value is -1.99. The molecule has 0 bridgehead atoms. The van der Waals surface area contributed by atoms with E-state index in [4.69, 9.17) is 4.52 Å². The third kappa shape index (κ3) is 3.67. The molecule has 7 nitrogen and oxygen atoms in total. The average Bonchev–Trinajstić information content (AvgIpc) is 3.13. The van der Waals surface area contributed by atoms with E-state index < -0.39 is 0 Å². The highest BCUT2D eigenvalue weighted by Gasteiger charge is 2.28. The number of aryl methyl sites for hydroxylation is 1. The van der Waals surface area contributed by atoms with E-state index in [0.717, 1.165) is 37.2 Å². The summed E-state index contributed by atoms with van der Waals surface area (Å²) >= 11 is 0. The van der Waals surface area contributed by atoms with Crippen molar-refractivity contribution in [3.63, 3.8) is 0 Å².